The molecule has 0 aliphatic carbocycles. The maximum Gasteiger partial charge on any atom is 0.412 e. The number of hydrogen-bond acceptors (Lipinski definition) is 5. The van der Waals surface area contributed by atoms with Gasteiger partial charge in [-0.2, -0.15) is 8.42 Å². The lowest BCUT2D eigenvalue weighted by Crippen LogP contribution is -2.27. The first-order valence-electron chi connectivity index (χ1n) is 6.23. The zero-order chi connectivity index (χ0) is 16.3. The standard InChI is InChI=1S/C13H20N2O5S/c1-9-7-10(8-19-21(14,17)18)5-6-11(9)15-12(16)20-13(2,3)4/h5-7H,8H2,1-4H3,(H,15,16)(H2,14,17,18). The Labute approximate surface area is 124 Å². The molecule has 0 aromatic heterocycles. The Kier molecular flexibility index (Phi) is 5.32. The minimum absolute atomic E-state index is 0.160. The predicted octanol–water partition coefficient (Wildman–Crippen LogP) is 2.06. The summed E-state index contributed by atoms with van der Waals surface area (Å²) in [5, 5.41) is 7.37. The number of amides is 1. The number of carbonyl (C=O) groups is 1. The van der Waals surface area contributed by atoms with Gasteiger partial charge in [0, 0.05) is 5.69 Å². The second-order valence-corrected chi connectivity index (χ2v) is 6.75. The van der Waals surface area contributed by atoms with Crippen molar-refractivity contribution in [3.05, 3.63) is 29.3 Å². The van der Waals surface area contributed by atoms with Crippen LogP contribution in [0.3, 0.4) is 0 Å². The largest absolute Gasteiger partial charge is 0.444 e. The van der Waals surface area contributed by atoms with Crippen molar-refractivity contribution in [3.63, 3.8) is 0 Å². The van der Waals surface area contributed by atoms with Crippen LogP contribution in [0.15, 0.2) is 18.2 Å². The van der Waals surface area contributed by atoms with Gasteiger partial charge in [0.15, 0.2) is 0 Å². The van der Waals surface area contributed by atoms with Crippen LogP contribution in [-0.4, -0.2) is 20.1 Å². The van der Waals surface area contributed by atoms with Crippen LogP contribution in [-0.2, 0) is 25.8 Å². The second kappa shape index (κ2) is 6.42. The molecule has 0 radical (unpaired) electrons. The molecule has 0 aliphatic rings. The summed E-state index contributed by atoms with van der Waals surface area (Å²) in [5.41, 5.74) is 1.36. The molecule has 7 nitrogen and oxygen atoms in total. The Bertz CT molecular complexity index is 620. The first-order chi connectivity index (χ1) is 9.46. The number of hydrogen-bond donors (Lipinski definition) is 2. The minimum Gasteiger partial charge on any atom is -0.444 e. The third kappa shape index (κ3) is 7.07. The first kappa shape index (κ1) is 17.4. The summed E-state index contributed by atoms with van der Waals surface area (Å²) in [5.74, 6) is 0. The Balaban J connectivity index is 2.72. The molecule has 118 valence electrons. The smallest absolute Gasteiger partial charge is 0.412 e. The molecule has 1 aromatic rings. The van der Waals surface area contributed by atoms with Gasteiger partial charge < -0.3 is 4.74 Å². The van der Waals surface area contributed by atoms with E-state index in [1.807, 2.05) is 0 Å². The van der Waals surface area contributed by atoms with E-state index in [1.165, 1.54) is 0 Å². The maximum atomic E-state index is 11.7. The average Bonchev–Trinajstić information content (AvgIpc) is 2.26. The number of carbonyl (C=O) groups excluding carboxylic acids is 1. The molecule has 3 N–H and O–H groups in total. The van der Waals surface area contributed by atoms with E-state index >= 15 is 0 Å². The van der Waals surface area contributed by atoms with Crippen molar-refractivity contribution in [2.75, 3.05) is 5.32 Å². The molecule has 0 aliphatic heterocycles. The van der Waals surface area contributed by atoms with Crippen molar-refractivity contribution in [1.29, 1.82) is 0 Å². The summed E-state index contributed by atoms with van der Waals surface area (Å²) in [7, 11) is -3.97. The Hall–Kier alpha value is -1.64. The van der Waals surface area contributed by atoms with Gasteiger partial charge in [0.25, 0.3) is 0 Å². The van der Waals surface area contributed by atoms with Gasteiger partial charge in [0.1, 0.15) is 5.60 Å². The second-order valence-electron chi connectivity index (χ2n) is 5.53. The number of benzene rings is 1. The zero-order valence-electron chi connectivity index (χ0n) is 12.5. The molecular formula is C13H20N2O5S. The molecule has 0 spiro atoms. The first-order valence-corrected chi connectivity index (χ1v) is 7.70. The van der Waals surface area contributed by atoms with Crippen molar-refractivity contribution in [2.24, 2.45) is 5.14 Å². The van der Waals surface area contributed by atoms with Crippen molar-refractivity contribution >= 4 is 22.1 Å². The van der Waals surface area contributed by atoms with Gasteiger partial charge in [-0.15, -0.1) is 0 Å². The third-order valence-corrected chi connectivity index (χ3v) is 2.76. The molecule has 8 heteroatoms. The van der Waals surface area contributed by atoms with Gasteiger partial charge >= 0.3 is 16.4 Å². The van der Waals surface area contributed by atoms with Crippen molar-refractivity contribution in [3.8, 4) is 0 Å². The summed E-state index contributed by atoms with van der Waals surface area (Å²) in [6.07, 6.45) is -0.556. The van der Waals surface area contributed by atoms with E-state index in [0.29, 0.717) is 11.3 Å². The van der Waals surface area contributed by atoms with E-state index in [0.717, 1.165) is 5.56 Å². The number of rotatable bonds is 4. The quantitative estimate of drug-likeness (QED) is 0.884. The van der Waals surface area contributed by atoms with E-state index in [4.69, 9.17) is 9.88 Å². The normalized spacial score (nSPS) is 12.0. The topological polar surface area (TPSA) is 108 Å². The fraction of sp³-hybridized carbons (Fsp3) is 0.462. The Morgan fingerprint density at radius 3 is 2.43 bits per heavy atom. The van der Waals surface area contributed by atoms with E-state index in [-0.39, 0.29) is 6.61 Å². The molecule has 0 saturated carbocycles. The molecule has 0 saturated heterocycles. The summed E-state index contributed by atoms with van der Waals surface area (Å²) in [6, 6.07) is 4.96. The van der Waals surface area contributed by atoms with Gasteiger partial charge in [0.05, 0.1) is 6.61 Å². The molecule has 0 heterocycles. The molecule has 21 heavy (non-hydrogen) atoms. The maximum absolute atomic E-state index is 11.7. The van der Waals surface area contributed by atoms with Gasteiger partial charge in [0.2, 0.25) is 0 Å². The van der Waals surface area contributed by atoms with Crippen molar-refractivity contribution in [2.45, 2.75) is 39.9 Å². The lowest BCUT2D eigenvalue weighted by molar-refractivity contribution is 0.0636. The summed E-state index contributed by atoms with van der Waals surface area (Å²) in [4.78, 5) is 11.7. The summed E-state index contributed by atoms with van der Waals surface area (Å²) < 4.78 is 31.1. The fourth-order valence-corrected chi connectivity index (χ4v) is 1.82. The minimum atomic E-state index is -3.97. The van der Waals surface area contributed by atoms with E-state index < -0.39 is 22.0 Å². The number of ether oxygens (including phenoxy) is 1. The number of anilines is 1. The highest BCUT2D eigenvalue weighted by Crippen LogP contribution is 2.18. The molecular weight excluding hydrogens is 296 g/mol. The molecule has 0 atom stereocenters. The van der Waals surface area contributed by atoms with E-state index in [2.05, 4.69) is 9.50 Å². The Morgan fingerprint density at radius 2 is 1.95 bits per heavy atom. The highest BCUT2D eigenvalue weighted by Gasteiger charge is 2.16. The van der Waals surface area contributed by atoms with Crippen LogP contribution in [0.4, 0.5) is 10.5 Å². The van der Waals surface area contributed by atoms with Crippen LogP contribution >= 0.6 is 0 Å². The SMILES string of the molecule is Cc1cc(COS(N)(=O)=O)ccc1NC(=O)OC(C)(C)C. The number of aryl methyl sites for hydroxylation is 1. The van der Waals surface area contributed by atoms with Crippen LogP contribution < -0.4 is 10.5 Å². The molecule has 1 amide bonds. The number of nitrogens with one attached hydrogen (secondary N) is 1. The van der Waals surface area contributed by atoms with Gasteiger partial charge in [-0.1, -0.05) is 12.1 Å². The van der Waals surface area contributed by atoms with Gasteiger partial charge in [-0.3, -0.25) is 9.50 Å². The lowest BCUT2D eigenvalue weighted by atomic mass is 10.1. The molecule has 0 unspecified atom stereocenters. The third-order valence-electron chi connectivity index (χ3n) is 2.32. The van der Waals surface area contributed by atoms with Gasteiger partial charge in [-0.05, 0) is 44.9 Å². The van der Waals surface area contributed by atoms with Gasteiger partial charge in [-0.25, -0.2) is 9.93 Å². The summed E-state index contributed by atoms with van der Waals surface area (Å²) >= 11 is 0. The Morgan fingerprint density at radius 1 is 1.33 bits per heavy atom. The van der Waals surface area contributed by atoms with E-state index in [9.17, 15) is 13.2 Å². The van der Waals surface area contributed by atoms with Crippen LogP contribution in [0, 0.1) is 6.92 Å². The van der Waals surface area contributed by atoms with Crippen molar-refractivity contribution in [1.82, 2.24) is 0 Å². The molecule has 1 rings (SSSR count). The molecule has 1 aromatic carbocycles. The average molecular weight is 316 g/mol. The lowest BCUT2D eigenvalue weighted by Gasteiger charge is -2.20. The van der Waals surface area contributed by atoms with E-state index in [1.54, 1.807) is 45.9 Å². The van der Waals surface area contributed by atoms with Crippen molar-refractivity contribution < 1.29 is 22.1 Å². The van der Waals surface area contributed by atoms with Crippen LogP contribution in [0.25, 0.3) is 0 Å². The number of nitrogens with two attached hydrogens (primary N) is 1. The predicted molar refractivity (Wildman–Crippen MR) is 78.9 cm³/mol. The van der Waals surface area contributed by atoms with Crippen LogP contribution in [0.1, 0.15) is 31.9 Å². The summed E-state index contributed by atoms with van der Waals surface area (Å²) in [6.45, 7) is 6.92. The molecule has 0 bridgehead atoms. The van der Waals surface area contributed by atoms with Crippen LogP contribution in [0.5, 0.6) is 0 Å². The highest BCUT2D eigenvalue weighted by molar-refractivity contribution is 7.84. The van der Waals surface area contributed by atoms with Crippen LogP contribution in [0.2, 0.25) is 0 Å². The highest BCUT2D eigenvalue weighted by atomic mass is 32.2. The zero-order valence-corrected chi connectivity index (χ0v) is 13.3. The monoisotopic (exact) mass is 316 g/mol. The molecule has 0 fully saturated rings. The fourth-order valence-electron chi connectivity index (χ4n) is 1.52.